The van der Waals surface area contributed by atoms with Crippen LogP contribution in [0.25, 0.3) is 22.5 Å². The molecular formula is C23H27ClFN7O5S. The molecule has 3 heterocycles. The van der Waals surface area contributed by atoms with Gasteiger partial charge in [0.05, 0.1) is 17.6 Å². The molecule has 1 unspecified atom stereocenters. The van der Waals surface area contributed by atoms with Crippen molar-refractivity contribution in [2.24, 2.45) is 0 Å². The van der Waals surface area contributed by atoms with Crippen LogP contribution < -0.4 is 15.4 Å². The predicted molar refractivity (Wildman–Crippen MR) is 140 cm³/mol. The fraction of sp³-hybridized carbons (Fsp3) is 0.391. The van der Waals surface area contributed by atoms with Crippen molar-refractivity contribution >= 4 is 39.4 Å². The Balaban J connectivity index is 1.77. The van der Waals surface area contributed by atoms with Crippen molar-refractivity contribution in [3.8, 4) is 22.5 Å². The molecule has 0 bridgehead atoms. The molecule has 1 aliphatic heterocycles. The minimum Gasteiger partial charge on any atom is -0.465 e. The number of ether oxygens (including phenoxy) is 1. The number of aromatic nitrogens is 4. The molecule has 0 radical (unpaired) electrons. The van der Waals surface area contributed by atoms with Gasteiger partial charge in [0.15, 0.2) is 5.82 Å². The normalized spacial score (nSPS) is 16.6. The van der Waals surface area contributed by atoms with E-state index in [0.717, 1.165) is 19.1 Å². The van der Waals surface area contributed by atoms with Crippen LogP contribution >= 0.6 is 11.6 Å². The van der Waals surface area contributed by atoms with Gasteiger partial charge in [0.25, 0.3) is 0 Å². The Labute approximate surface area is 223 Å². The van der Waals surface area contributed by atoms with Gasteiger partial charge in [-0.25, -0.2) is 32.3 Å². The topological polar surface area (TPSA) is 160 Å². The molecule has 0 aliphatic carbocycles. The maximum Gasteiger partial charge on any atom is 0.404 e. The number of sulfonamides is 1. The highest BCUT2D eigenvalue weighted by molar-refractivity contribution is 7.92. The number of rotatable bonds is 9. The number of nitrogens with one attached hydrogen (secondary N) is 3. The fourth-order valence-corrected chi connectivity index (χ4v) is 4.76. The van der Waals surface area contributed by atoms with Gasteiger partial charge >= 0.3 is 6.09 Å². The van der Waals surface area contributed by atoms with Crippen molar-refractivity contribution in [2.45, 2.75) is 38.5 Å². The first-order valence-corrected chi connectivity index (χ1v) is 14.0. The molecule has 204 valence electrons. The first-order valence-electron chi connectivity index (χ1n) is 11.7. The van der Waals surface area contributed by atoms with Crippen LogP contribution in [0.15, 0.2) is 30.6 Å². The van der Waals surface area contributed by atoms with Crippen molar-refractivity contribution in [3.05, 3.63) is 41.4 Å². The number of carbonyl (C=O) groups is 1. The lowest BCUT2D eigenvalue weighted by atomic mass is 10.0. The average Bonchev–Trinajstić information content (AvgIpc) is 3.30. The first kappa shape index (κ1) is 27.5. The van der Waals surface area contributed by atoms with Gasteiger partial charge in [-0.05, 0) is 44.4 Å². The van der Waals surface area contributed by atoms with Crippen LogP contribution in [0.2, 0.25) is 5.02 Å². The first-order chi connectivity index (χ1) is 18.0. The lowest BCUT2D eigenvalue weighted by Gasteiger charge is -2.22. The predicted octanol–water partition coefficient (Wildman–Crippen LogP) is 3.94. The summed E-state index contributed by atoms with van der Waals surface area (Å²) in [5.74, 6) is -0.628. The van der Waals surface area contributed by atoms with E-state index in [1.54, 1.807) is 23.9 Å². The maximum atomic E-state index is 15.6. The van der Waals surface area contributed by atoms with Gasteiger partial charge < -0.3 is 20.5 Å². The summed E-state index contributed by atoms with van der Waals surface area (Å²) in [5, 5.41) is 18.9. The minimum absolute atomic E-state index is 0.0272. The summed E-state index contributed by atoms with van der Waals surface area (Å²) in [5.41, 5.74) is 0.680. The second-order valence-electron chi connectivity index (χ2n) is 8.88. The van der Waals surface area contributed by atoms with Crippen molar-refractivity contribution in [1.29, 1.82) is 0 Å². The van der Waals surface area contributed by atoms with Crippen molar-refractivity contribution in [3.63, 3.8) is 0 Å². The molecule has 15 heteroatoms. The van der Waals surface area contributed by atoms with Crippen molar-refractivity contribution in [2.75, 3.05) is 29.4 Å². The van der Waals surface area contributed by atoms with Crippen LogP contribution in [0.3, 0.4) is 0 Å². The fourth-order valence-electron chi connectivity index (χ4n) is 3.99. The van der Waals surface area contributed by atoms with E-state index in [1.807, 2.05) is 0 Å². The lowest BCUT2D eigenvalue weighted by Crippen LogP contribution is -2.36. The second-order valence-corrected chi connectivity index (χ2v) is 11.1. The maximum absolute atomic E-state index is 15.6. The highest BCUT2D eigenvalue weighted by atomic mass is 35.5. The quantitative estimate of drug-likeness (QED) is 0.300. The van der Waals surface area contributed by atoms with Crippen LogP contribution in [-0.4, -0.2) is 64.8 Å². The van der Waals surface area contributed by atoms with E-state index in [4.69, 9.17) is 21.4 Å². The molecule has 1 aliphatic rings. The molecule has 4 N–H and O–H groups in total. The van der Waals surface area contributed by atoms with E-state index in [-0.39, 0.29) is 40.7 Å². The van der Waals surface area contributed by atoms with Crippen LogP contribution in [-0.2, 0) is 14.8 Å². The number of anilines is 2. The van der Waals surface area contributed by atoms with E-state index in [9.17, 15) is 13.2 Å². The molecule has 1 fully saturated rings. The van der Waals surface area contributed by atoms with Gasteiger partial charge in [-0.15, -0.1) is 0 Å². The van der Waals surface area contributed by atoms with E-state index in [0.29, 0.717) is 24.3 Å². The molecule has 1 amide bonds. The Morgan fingerprint density at radius 1 is 1.34 bits per heavy atom. The van der Waals surface area contributed by atoms with Gasteiger partial charge in [0.2, 0.25) is 16.0 Å². The van der Waals surface area contributed by atoms with Gasteiger partial charge in [0, 0.05) is 47.7 Å². The van der Waals surface area contributed by atoms with Gasteiger partial charge in [-0.1, -0.05) is 11.6 Å². The standard InChI is InChI=1S/C23H27ClFN7O5S/c1-13(28-23(33)34)11-27-22-26-7-6-17(29-22)16-12-32(19-5-3-4-8-37-19)30-21(16)15-9-14(24)10-18(20(15)25)31-38(2,35)36/h6-7,9-10,12-13,19,28,31H,3-5,8,11H2,1-2H3,(H,33,34)(H,26,27,29)/t13-,19?/m0/s1. The smallest absolute Gasteiger partial charge is 0.404 e. The molecule has 12 nitrogen and oxygen atoms in total. The second kappa shape index (κ2) is 11.5. The van der Waals surface area contributed by atoms with Crippen LogP contribution in [0.4, 0.5) is 20.8 Å². The Bertz CT molecular complexity index is 1430. The third-order valence-electron chi connectivity index (χ3n) is 5.64. The van der Waals surface area contributed by atoms with Gasteiger partial charge in [-0.2, -0.15) is 5.10 Å². The highest BCUT2D eigenvalue weighted by Gasteiger charge is 2.25. The monoisotopic (exact) mass is 567 g/mol. The van der Waals surface area contributed by atoms with Gasteiger partial charge in [0.1, 0.15) is 11.9 Å². The van der Waals surface area contributed by atoms with E-state index in [2.05, 4.69) is 30.4 Å². The van der Waals surface area contributed by atoms with Crippen LogP contribution in [0.5, 0.6) is 0 Å². The number of hydrogen-bond donors (Lipinski definition) is 4. The third kappa shape index (κ3) is 6.88. The SMILES string of the molecule is C[C@@H](CNc1nccc(-c2cn(C3CCCCO3)nc2-c2cc(Cl)cc(NS(C)(=O)=O)c2F)n1)NC(=O)O. The molecule has 0 spiro atoms. The van der Waals surface area contributed by atoms with E-state index >= 15 is 4.39 Å². The lowest BCUT2D eigenvalue weighted by molar-refractivity contribution is -0.0393. The summed E-state index contributed by atoms with van der Waals surface area (Å²) in [4.78, 5) is 19.5. The average molecular weight is 568 g/mol. The molecule has 1 saturated heterocycles. The summed E-state index contributed by atoms with van der Waals surface area (Å²) in [6.45, 7) is 2.47. The summed E-state index contributed by atoms with van der Waals surface area (Å²) in [7, 11) is -3.78. The zero-order chi connectivity index (χ0) is 27.4. The molecule has 38 heavy (non-hydrogen) atoms. The molecule has 0 saturated carbocycles. The number of benzene rings is 1. The van der Waals surface area contributed by atoms with Crippen molar-refractivity contribution in [1.82, 2.24) is 25.1 Å². The van der Waals surface area contributed by atoms with Crippen molar-refractivity contribution < 1.29 is 27.4 Å². The summed E-state index contributed by atoms with van der Waals surface area (Å²) in [6, 6.07) is 3.75. The minimum atomic E-state index is -3.78. The molecule has 1 aromatic carbocycles. The summed E-state index contributed by atoms with van der Waals surface area (Å²) in [6.07, 6.45) is 5.17. The summed E-state index contributed by atoms with van der Waals surface area (Å²) >= 11 is 6.24. The number of amides is 1. The van der Waals surface area contributed by atoms with E-state index < -0.39 is 28.0 Å². The number of nitrogens with zero attached hydrogens (tertiary/aromatic N) is 4. The Morgan fingerprint density at radius 3 is 2.82 bits per heavy atom. The molecular weight excluding hydrogens is 541 g/mol. The molecule has 2 aromatic heterocycles. The molecule has 2 atom stereocenters. The Hall–Kier alpha value is -3.49. The molecule has 3 aromatic rings. The van der Waals surface area contributed by atoms with E-state index in [1.165, 1.54) is 18.3 Å². The summed E-state index contributed by atoms with van der Waals surface area (Å²) < 4.78 is 48.8. The van der Waals surface area contributed by atoms with Gasteiger partial charge in [-0.3, -0.25) is 4.72 Å². The number of hydrogen-bond acceptors (Lipinski definition) is 8. The largest absolute Gasteiger partial charge is 0.465 e. The van der Waals surface area contributed by atoms with Crippen LogP contribution in [0, 0.1) is 5.82 Å². The zero-order valence-corrected chi connectivity index (χ0v) is 22.2. The number of halogens is 2. The Morgan fingerprint density at radius 2 is 2.13 bits per heavy atom. The highest BCUT2D eigenvalue weighted by Crippen LogP contribution is 2.38. The molecule has 4 rings (SSSR count). The Kier molecular flexibility index (Phi) is 8.33. The van der Waals surface area contributed by atoms with Crippen LogP contribution in [0.1, 0.15) is 32.4 Å². The number of carboxylic acid groups (broad SMARTS) is 1. The zero-order valence-electron chi connectivity index (χ0n) is 20.6. The third-order valence-corrected chi connectivity index (χ3v) is 6.45.